The Labute approximate surface area is 116 Å². The summed E-state index contributed by atoms with van der Waals surface area (Å²) in [7, 11) is 0. The van der Waals surface area contributed by atoms with Gasteiger partial charge in [-0.15, -0.1) is 0 Å². The normalized spacial score (nSPS) is 9.61. The van der Waals surface area contributed by atoms with E-state index in [4.69, 9.17) is 4.74 Å². The largest absolute Gasteiger partial charge is 1.00 e. The first-order valence-electron chi connectivity index (χ1n) is 5.43. The maximum absolute atomic E-state index is 11.3. The fourth-order valence-corrected chi connectivity index (χ4v) is 1.49. The number of hydrogen-bond acceptors (Lipinski definition) is 3. The van der Waals surface area contributed by atoms with Crippen molar-refractivity contribution in [3.05, 3.63) is 43.1 Å². The average molecular weight is 312 g/mol. The Hall–Kier alpha value is -1.69. The van der Waals surface area contributed by atoms with Crippen molar-refractivity contribution in [1.29, 1.82) is 0 Å². The molecule has 0 amide bonds. The molecule has 0 radical (unpaired) electrons. The molecule has 5 nitrogen and oxygen atoms in total. The molecule has 0 aliphatic heterocycles. The fraction of sp³-hybridized carbons (Fsp3) is 0.250. The topological polar surface area (TPSA) is 48.0 Å². The number of nitrogens with zero attached hydrogens (tertiary/aromatic N) is 3. The number of carbonyl (C=O) groups is 1. The molecule has 0 N–H and O–H groups in total. The summed E-state index contributed by atoms with van der Waals surface area (Å²) in [5, 5.41) is 0. The standard InChI is InChI=1S/C12H14N3O2.BrH/c1-2-17-12(16)9-14-7-8-15(10-14)11-5-3-4-6-13-11;/h3-8,10H,2,9H2,1H3;1H/q+1;/p-1. The van der Waals surface area contributed by atoms with E-state index in [1.54, 1.807) is 24.0 Å². The van der Waals surface area contributed by atoms with Crippen molar-refractivity contribution in [1.82, 2.24) is 9.55 Å². The number of halogens is 1. The second-order valence-corrected chi connectivity index (χ2v) is 3.49. The zero-order valence-electron chi connectivity index (χ0n) is 9.99. The second kappa shape index (κ2) is 6.90. The smallest absolute Gasteiger partial charge is 0.348 e. The van der Waals surface area contributed by atoms with Crippen molar-refractivity contribution in [3.8, 4) is 5.82 Å². The first-order chi connectivity index (χ1) is 8.29. The van der Waals surface area contributed by atoms with E-state index in [1.165, 1.54) is 0 Å². The molecule has 0 saturated carbocycles. The van der Waals surface area contributed by atoms with Crippen LogP contribution in [0.25, 0.3) is 5.82 Å². The molecule has 0 unspecified atom stereocenters. The SMILES string of the molecule is CCOC(=O)C[n+]1ccn(-c2ccccn2)c1.[Br-]. The Morgan fingerprint density at radius 1 is 1.50 bits per heavy atom. The van der Waals surface area contributed by atoms with E-state index in [2.05, 4.69) is 4.98 Å². The summed E-state index contributed by atoms with van der Waals surface area (Å²) in [4.78, 5) is 15.5. The molecule has 0 aliphatic rings. The van der Waals surface area contributed by atoms with Gasteiger partial charge in [-0.05, 0) is 13.0 Å². The summed E-state index contributed by atoms with van der Waals surface area (Å²) in [6.45, 7) is 2.41. The van der Waals surface area contributed by atoms with E-state index in [0.717, 1.165) is 5.82 Å². The molecule has 96 valence electrons. The number of hydrogen-bond donors (Lipinski definition) is 0. The highest BCUT2D eigenvalue weighted by Crippen LogP contribution is 2.00. The number of esters is 1. The van der Waals surface area contributed by atoms with Gasteiger partial charge in [-0.25, -0.2) is 14.3 Å². The molecule has 0 spiro atoms. The molecule has 0 aliphatic carbocycles. The lowest BCUT2D eigenvalue weighted by molar-refractivity contribution is -0.685. The number of pyridine rings is 1. The van der Waals surface area contributed by atoms with Crippen LogP contribution in [-0.2, 0) is 16.1 Å². The third kappa shape index (κ3) is 3.66. The maximum Gasteiger partial charge on any atom is 0.348 e. The van der Waals surface area contributed by atoms with Crippen molar-refractivity contribution in [2.24, 2.45) is 0 Å². The van der Waals surface area contributed by atoms with Crippen LogP contribution >= 0.6 is 0 Å². The van der Waals surface area contributed by atoms with Gasteiger partial charge in [0.15, 0.2) is 6.54 Å². The van der Waals surface area contributed by atoms with Gasteiger partial charge < -0.3 is 21.7 Å². The molecule has 6 heteroatoms. The van der Waals surface area contributed by atoms with Crippen molar-refractivity contribution >= 4 is 5.97 Å². The van der Waals surface area contributed by atoms with Gasteiger partial charge in [-0.2, -0.15) is 4.57 Å². The summed E-state index contributed by atoms with van der Waals surface area (Å²) >= 11 is 0. The Morgan fingerprint density at radius 2 is 2.33 bits per heavy atom. The van der Waals surface area contributed by atoms with Crippen molar-refractivity contribution in [2.45, 2.75) is 13.5 Å². The third-order valence-corrected chi connectivity index (χ3v) is 2.22. The Kier molecular flexibility index (Phi) is 5.51. The molecule has 0 aromatic carbocycles. The summed E-state index contributed by atoms with van der Waals surface area (Å²) < 4.78 is 8.48. The van der Waals surface area contributed by atoms with Crippen LogP contribution in [0, 0.1) is 0 Å². The lowest BCUT2D eigenvalue weighted by Crippen LogP contribution is -3.00. The van der Waals surface area contributed by atoms with Crippen LogP contribution < -0.4 is 21.5 Å². The highest BCUT2D eigenvalue weighted by Gasteiger charge is 2.11. The van der Waals surface area contributed by atoms with Crippen LogP contribution in [0.15, 0.2) is 43.1 Å². The highest BCUT2D eigenvalue weighted by atomic mass is 79.9. The van der Waals surface area contributed by atoms with Gasteiger partial charge in [-0.1, -0.05) is 6.07 Å². The Balaban J connectivity index is 0.00000162. The highest BCUT2D eigenvalue weighted by molar-refractivity contribution is 5.67. The third-order valence-electron chi connectivity index (χ3n) is 2.22. The summed E-state index contributed by atoms with van der Waals surface area (Å²) in [5.74, 6) is 0.575. The molecule has 0 fully saturated rings. The number of aromatic nitrogens is 3. The van der Waals surface area contributed by atoms with E-state index in [-0.39, 0.29) is 29.5 Å². The molecule has 2 aromatic heterocycles. The Morgan fingerprint density at radius 3 is 3.00 bits per heavy atom. The zero-order chi connectivity index (χ0) is 12.1. The van der Waals surface area contributed by atoms with Gasteiger partial charge in [0.25, 0.3) is 6.33 Å². The molecule has 0 saturated heterocycles. The van der Waals surface area contributed by atoms with Gasteiger partial charge >= 0.3 is 5.97 Å². The van der Waals surface area contributed by atoms with Gasteiger partial charge in [0.2, 0.25) is 5.82 Å². The van der Waals surface area contributed by atoms with Crippen LogP contribution in [0.4, 0.5) is 0 Å². The quantitative estimate of drug-likeness (QED) is 0.472. The number of imidazole rings is 1. The number of carbonyl (C=O) groups excluding carboxylic acids is 1. The molecule has 18 heavy (non-hydrogen) atoms. The Bertz CT molecular complexity index is 499. The molecule has 2 aromatic rings. The van der Waals surface area contributed by atoms with Crippen LogP contribution in [-0.4, -0.2) is 22.1 Å². The molecular weight excluding hydrogens is 298 g/mol. The van der Waals surface area contributed by atoms with E-state index < -0.39 is 0 Å². The van der Waals surface area contributed by atoms with E-state index >= 15 is 0 Å². The monoisotopic (exact) mass is 311 g/mol. The molecular formula is C12H14BrN3O2. The minimum Gasteiger partial charge on any atom is -1.00 e. The van der Waals surface area contributed by atoms with Crippen LogP contribution in [0.5, 0.6) is 0 Å². The molecule has 0 bridgehead atoms. The van der Waals surface area contributed by atoms with E-state index in [1.807, 2.05) is 35.2 Å². The second-order valence-electron chi connectivity index (χ2n) is 3.49. The molecule has 0 atom stereocenters. The van der Waals surface area contributed by atoms with Crippen molar-refractivity contribution in [2.75, 3.05) is 6.61 Å². The molecule has 2 heterocycles. The van der Waals surface area contributed by atoms with Crippen molar-refractivity contribution < 1.29 is 31.1 Å². The first kappa shape index (κ1) is 14.4. The van der Waals surface area contributed by atoms with E-state index in [0.29, 0.717) is 6.61 Å². The number of rotatable bonds is 4. The number of ether oxygens (including phenoxy) is 1. The van der Waals surface area contributed by atoms with E-state index in [9.17, 15) is 4.79 Å². The minimum atomic E-state index is -0.240. The van der Waals surface area contributed by atoms with Crippen molar-refractivity contribution in [3.63, 3.8) is 0 Å². The van der Waals surface area contributed by atoms with Gasteiger partial charge in [0.05, 0.1) is 6.61 Å². The first-order valence-corrected chi connectivity index (χ1v) is 5.43. The zero-order valence-corrected chi connectivity index (χ0v) is 11.6. The predicted molar refractivity (Wildman–Crippen MR) is 60.4 cm³/mol. The lowest BCUT2D eigenvalue weighted by atomic mass is 10.5. The summed E-state index contributed by atoms with van der Waals surface area (Å²) in [6, 6.07) is 5.67. The van der Waals surface area contributed by atoms with Gasteiger partial charge in [0.1, 0.15) is 12.4 Å². The fourth-order valence-electron chi connectivity index (χ4n) is 1.49. The van der Waals surface area contributed by atoms with Gasteiger partial charge in [0, 0.05) is 12.3 Å². The predicted octanol–water partition coefficient (Wildman–Crippen LogP) is -2.27. The summed E-state index contributed by atoms with van der Waals surface area (Å²) in [6.07, 6.45) is 7.19. The maximum atomic E-state index is 11.3. The van der Waals surface area contributed by atoms with Crippen LogP contribution in [0.1, 0.15) is 6.92 Å². The lowest BCUT2D eigenvalue weighted by Gasteiger charge is -1.97. The van der Waals surface area contributed by atoms with Gasteiger partial charge in [-0.3, -0.25) is 0 Å². The minimum absolute atomic E-state index is 0. The van der Waals surface area contributed by atoms with Crippen LogP contribution in [0.3, 0.4) is 0 Å². The average Bonchev–Trinajstić information content (AvgIpc) is 2.79. The molecule has 2 rings (SSSR count). The summed E-state index contributed by atoms with van der Waals surface area (Å²) in [5.41, 5.74) is 0. The van der Waals surface area contributed by atoms with Crippen LogP contribution in [0.2, 0.25) is 0 Å².